The molecule has 12 atom stereocenters. The van der Waals surface area contributed by atoms with Crippen LogP contribution in [-0.4, -0.2) is 196 Å². The van der Waals surface area contributed by atoms with Gasteiger partial charge in [-0.2, -0.15) is 12.7 Å². The predicted molar refractivity (Wildman–Crippen MR) is 401 cm³/mol. The molecule has 11 fully saturated rings. The van der Waals surface area contributed by atoms with E-state index in [1.54, 1.807) is 23.6 Å². The number of nitrogens with zero attached hydrogens (tertiary/aromatic N) is 5. The SMILES string of the molecule is CC(C)N1CCCCC1C(=O)N[C@H](C(=O)N[C@H](C(=O)N1C[C@]2(C[C@H]1C(=O)O)C(C)(C)C21CCC1)C(C)(C)C)C1CCCCC1.CC[C@@H]1C[C@]1(NC(=O)[C@@H]1C[C@@]2(CN1C(=O)[C@@H](NC(=O)[C@@H](NC(=O)C1CCCCN1C(C)C)C1CCCCC1)C(C)(C)C)C(C)(C)C21CCC1)C(=O)NS(=O)(=O)N(CC)CC. The zero-order valence-electron chi connectivity index (χ0n) is 66.7. The van der Waals surface area contributed by atoms with E-state index in [9.17, 15) is 51.9 Å². The summed E-state index contributed by atoms with van der Waals surface area (Å²) < 4.78 is 29.8. The van der Waals surface area contributed by atoms with E-state index >= 15 is 4.79 Å². The second-order valence-electron chi connectivity index (χ2n) is 37.9. The summed E-state index contributed by atoms with van der Waals surface area (Å²) in [6, 6.07) is -5.43. The fourth-order valence-corrected chi connectivity index (χ4v) is 23.8. The van der Waals surface area contributed by atoms with Gasteiger partial charge in [-0.1, -0.05) is 161 Å². The van der Waals surface area contributed by atoms with E-state index in [0.717, 1.165) is 154 Å². The number of hydrogen-bond acceptors (Lipinski definition) is 13. The highest BCUT2D eigenvalue weighted by Gasteiger charge is 2.86. The summed E-state index contributed by atoms with van der Waals surface area (Å²) in [6.45, 7) is 37.0. The second kappa shape index (κ2) is 30.5. The molecule has 4 saturated heterocycles. The van der Waals surface area contributed by atoms with E-state index in [0.29, 0.717) is 38.8 Å². The summed E-state index contributed by atoms with van der Waals surface area (Å²) >= 11 is 0. The van der Waals surface area contributed by atoms with Crippen molar-refractivity contribution in [3.63, 3.8) is 0 Å². The lowest BCUT2D eigenvalue weighted by atomic mass is 9.73. The van der Waals surface area contributed by atoms with Gasteiger partial charge in [0.05, 0.1) is 12.1 Å². The van der Waals surface area contributed by atoms with Crippen LogP contribution in [0, 0.1) is 61.1 Å². The number of rotatable bonds is 23. The third-order valence-corrected chi connectivity index (χ3v) is 31.3. The molecular formula is C80H135N11O12S. The number of piperidine rings is 2. The van der Waals surface area contributed by atoms with Gasteiger partial charge in [-0.05, 0) is 187 Å². The molecule has 11 aliphatic rings. The predicted octanol–water partition coefficient (Wildman–Crippen LogP) is 9.36. The van der Waals surface area contributed by atoms with Crippen LogP contribution in [0.1, 0.15) is 285 Å². The van der Waals surface area contributed by atoms with Gasteiger partial charge in [0, 0.05) is 49.1 Å². The van der Waals surface area contributed by atoms with Crippen molar-refractivity contribution < 1.29 is 56.7 Å². The molecule has 0 aromatic rings. The number of fused-ring (bicyclic) bond motifs is 2. The third-order valence-electron chi connectivity index (χ3n) is 29.6. The largest absolute Gasteiger partial charge is 0.480 e. The summed E-state index contributed by atoms with van der Waals surface area (Å²) in [5.74, 6) is -4.15. The van der Waals surface area contributed by atoms with Crippen LogP contribution in [0.2, 0.25) is 0 Å². The zero-order valence-corrected chi connectivity index (χ0v) is 67.5. The molecule has 0 aromatic carbocycles. The number of carbonyl (C=O) groups is 9. The van der Waals surface area contributed by atoms with Gasteiger partial charge in [0.25, 0.3) is 5.91 Å². The van der Waals surface area contributed by atoms with Gasteiger partial charge in [-0.3, -0.25) is 48.2 Å². The maximum Gasteiger partial charge on any atom is 0.326 e. The van der Waals surface area contributed by atoms with E-state index in [1.165, 1.54) is 4.31 Å². The average Bonchev–Trinajstić information content (AvgIpc) is 1.46. The lowest BCUT2D eigenvalue weighted by Crippen LogP contribution is -2.63. The zero-order chi connectivity index (χ0) is 76.5. The molecule has 8 amide bonds. The van der Waals surface area contributed by atoms with E-state index < -0.39 is 80.6 Å². The monoisotopic (exact) mass is 1470 g/mol. The summed E-state index contributed by atoms with van der Waals surface area (Å²) in [5, 5.41) is 26.0. The molecule has 23 nitrogen and oxygen atoms in total. The number of likely N-dealkylation sites (tertiary alicyclic amines) is 4. The molecule has 7 N–H and O–H groups in total. The number of carboxylic acids is 1. The van der Waals surface area contributed by atoms with Gasteiger partial charge in [0.2, 0.25) is 41.4 Å². The van der Waals surface area contributed by atoms with Gasteiger partial charge in [0.1, 0.15) is 41.8 Å². The molecule has 0 aromatic heterocycles. The lowest BCUT2D eigenvalue weighted by Gasteiger charge is -2.40. The molecular weight excluding hydrogens is 1340 g/mol. The summed E-state index contributed by atoms with van der Waals surface area (Å²) in [7, 11) is -4.14. The fraction of sp³-hybridized carbons (Fsp3) is 0.887. The summed E-state index contributed by atoms with van der Waals surface area (Å²) in [6.07, 6.45) is 23.2. The molecule has 0 bridgehead atoms. The van der Waals surface area contributed by atoms with Crippen molar-refractivity contribution >= 4 is 63.4 Å². The Kier molecular flexibility index (Phi) is 23.9. The minimum atomic E-state index is -4.14. The van der Waals surface area contributed by atoms with Gasteiger partial charge in [-0.25, -0.2) is 9.52 Å². The van der Waals surface area contributed by atoms with Gasteiger partial charge in [0.15, 0.2) is 0 Å². The molecule has 104 heavy (non-hydrogen) atoms. The van der Waals surface area contributed by atoms with Crippen LogP contribution in [0.3, 0.4) is 0 Å². The van der Waals surface area contributed by atoms with Crippen molar-refractivity contribution in [2.75, 3.05) is 39.3 Å². The van der Waals surface area contributed by atoms with Crippen molar-refractivity contribution in [3.05, 3.63) is 0 Å². The highest BCUT2D eigenvalue weighted by atomic mass is 32.2. The topological polar surface area (TPSA) is 296 Å². The summed E-state index contributed by atoms with van der Waals surface area (Å²) in [4.78, 5) is 136. The number of amides is 8. The highest BCUT2D eigenvalue weighted by molar-refractivity contribution is 7.87. The Hall–Kier alpha value is -4.94. The molecule has 0 radical (unpaired) electrons. The van der Waals surface area contributed by atoms with Gasteiger partial charge < -0.3 is 41.5 Å². The molecule has 588 valence electrons. The van der Waals surface area contributed by atoms with E-state index in [-0.39, 0.29) is 123 Å². The minimum absolute atomic E-state index is 0.00655. The Balaban J connectivity index is 0.000000234. The number of nitrogens with one attached hydrogen (secondary N) is 6. The fourth-order valence-electron chi connectivity index (χ4n) is 22.6. The Morgan fingerprint density at radius 2 is 0.875 bits per heavy atom. The molecule has 11 rings (SSSR count). The van der Waals surface area contributed by atoms with Crippen molar-refractivity contribution in [3.8, 4) is 0 Å². The van der Waals surface area contributed by atoms with Crippen LogP contribution >= 0.6 is 0 Å². The molecule has 7 saturated carbocycles. The molecule has 7 aliphatic carbocycles. The first-order chi connectivity index (χ1) is 48.7. The number of hydrogen-bond donors (Lipinski definition) is 7. The Morgan fingerprint density at radius 1 is 0.490 bits per heavy atom. The van der Waals surface area contributed by atoms with Gasteiger partial charge >= 0.3 is 16.2 Å². The Morgan fingerprint density at radius 3 is 1.20 bits per heavy atom. The molecule has 4 heterocycles. The van der Waals surface area contributed by atoms with E-state index in [4.69, 9.17) is 0 Å². The molecule has 4 spiro atoms. The smallest absolute Gasteiger partial charge is 0.326 e. The third kappa shape index (κ3) is 14.6. The quantitative estimate of drug-likeness (QED) is 0.0502. The van der Waals surface area contributed by atoms with Crippen molar-refractivity contribution in [1.82, 2.24) is 55.2 Å². The Bertz CT molecular complexity index is 3320. The van der Waals surface area contributed by atoms with E-state index in [1.807, 2.05) is 48.5 Å². The second-order valence-corrected chi connectivity index (χ2v) is 39.5. The Labute approximate surface area is 623 Å². The first kappa shape index (κ1) is 81.6. The van der Waals surface area contributed by atoms with Crippen LogP contribution in [0.25, 0.3) is 0 Å². The lowest BCUT2D eigenvalue weighted by molar-refractivity contribution is -0.151. The number of carboxylic acid groups (broad SMARTS) is 1. The van der Waals surface area contributed by atoms with Crippen LogP contribution in [0.15, 0.2) is 0 Å². The van der Waals surface area contributed by atoms with Crippen LogP contribution in [0.5, 0.6) is 0 Å². The maximum absolute atomic E-state index is 15.3. The molecule has 4 aliphatic heterocycles. The average molecular weight is 1480 g/mol. The first-order valence-corrected chi connectivity index (χ1v) is 42.3. The van der Waals surface area contributed by atoms with Crippen LogP contribution < -0.4 is 31.3 Å². The minimum Gasteiger partial charge on any atom is -0.480 e. The molecule has 24 heteroatoms. The van der Waals surface area contributed by atoms with Crippen LogP contribution in [-0.2, 0) is 53.4 Å². The first-order valence-electron chi connectivity index (χ1n) is 40.9. The summed E-state index contributed by atoms with van der Waals surface area (Å²) in [5.41, 5.74) is -3.39. The van der Waals surface area contributed by atoms with E-state index in [2.05, 4.69) is 96.5 Å². The number of aliphatic carboxylic acids is 1. The van der Waals surface area contributed by atoms with Crippen molar-refractivity contribution in [2.24, 2.45) is 61.1 Å². The normalized spacial score (nSPS) is 31.2. The standard InChI is InChI=1S/C45H77N7O7S.C35H58N4O5/c1-11-31-26-45(31,40(57)49-60(58,59)50(12-2)13-3)48-37(54)33-27-44(42(9,10)43(44)23-19-24-43)28-52(33)39(56)35(41(6,7)8)47-38(55)34(30-20-15-14-16-21-30)46-36(53)32-22-17-18-25-51(32)29(4)5;1-22(2)38-19-12-11-16-24(38)28(40)36-26(23-14-9-8-10-15-23)29(41)37-27(32(3,4)5)30(42)39-21-35(20-25(39)31(43)44)33(6,7)34(35)17-13-18-34/h29-35H,11-28H2,1-10H3,(H,46,53)(H,47,55)(H,48,54)(H,49,57);22-27H,8-21H2,1-7H3,(H,36,40)(H,37,41)(H,43,44)/t31-,32?,33+,34+,35-,44-,45-;24?,25-,26-,27+,35+/m10/s1. The maximum atomic E-state index is 15.3. The van der Waals surface area contributed by atoms with Crippen LogP contribution in [0.4, 0.5) is 0 Å². The van der Waals surface area contributed by atoms with Gasteiger partial charge in [-0.15, -0.1) is 0 Å². The van der Waals surface area contributed by atoms with Crippen molar-refractivity contribution in [1.29, 1.82) is 0 Å². The number of carbonyl (C=O) groups excluding carboxylic acids is 8. The van der Waals surface area contributed by atoms with Crippen molar-refractivity contribution in [2.45, 2.75) is 351 Å². The highest BCUT2D eigenvalue weighted by Crippen LogP contribution is 2.89. The molecule has 2 unspecified atom stereocenters.